The van der Waals surface area contributed by atoms with Crippen LogP contribution in [0.1, 0.15) is 26.7 Å². The number of hydrogen-bond acceptors (Lipinski definition) is 2. The molecule has 102 valence electrons. The number of sulfonamides is 1. The average molecular weight is 355 g/mol. The Bertz CT molecular complexity index is 515. The lowest BCUT2D eigenvalue weighted by Gasteiger charge is -2.25. The Labute approximate surface area is 122 Å². The zero-order valence-corrected chi connectivity index (χ0v) is 13.8. The number of benzene rings is 1. The van der Waals surface area contributed by atoms with Gasteiger partial charge < -0.3 is 0 Å². The van der Waals surface area contributed by atoms with Gasteiger partial charge in [0.1, 0.15) is 4.90 Å². The van der Waals surface area contributed by atoms with E-state index in [1.807, 2.05) is 13.8 Å². The summed E-state index contributed by atoms with van der Waals surface area (Å²) in [6.45, 7) is 3.95. The Balaban J connectivity index is 3.21. The summed E-state index contributed by atoms with van der Waals surface area (Å²) >= 11 is 9.28. The predicted molar refractivity (Wildman–Crippen MR) is 78.5 cm³/mol. The molecule has 0 spiro atoms. The van der Waals surface area contributed by atoms with Crippen LogP contribution in [0.3, 0.4) is 0 Å². The highest BCUT2D eigenvalue weighted by molar-refractivity contribution is 9.10. The molecule has 0 saturated carbocycles. The monoisotopic (exact) mass is 353 g/mol. The van der Waals surface area contributed by atoms with E-state index in [4.69, 9.17) is 11.6 Å². The van der Waals surface area contributed by atoms with Crippen molar-refractivity contribution >= 4 is 37.6 Å². The molecule has 0 aromatic heterocycles. The van der Waals surface area contributed by atoms with Gasteiger partial charge in [-0.1, -0.05) is 41.4 Å². The van der Waals surface area contributed by atoms with Crippen molar-refractivity contribution in [3.8, 4) is 0 Å². The molecule has 0 aliphatic rings. The van der Waals surface area contributed by atoms with Crippen molar-refractivity contribution in [3.63, 3.8) is 0 Å². The lowest BCUT2D eigenvalue weighted by molar-refractivity contribution is 0.350. The number of halogens is 2. The van der Waals surface area contributed by atoms with Gasteiger partial charge in [-0.15, -0.1) is 0 Å². The van der Waals surface area contributed by atoms with E-state index >= 15 is 0 Å². The van der Waals surface area contributed by atoms with Crippen molar-refractivity contribution in [3.05, 3.63) is 27.7 Å². The quantitative estimate of drug-likeness (QED) is 0.804. The third kappa shape index (κ3) is 3.26. The molecule has 6 heteroatoms. The normalized spacial score (nSPS) is 12.4. The van der Waals surface area contributed by atoms with Gasteiger partial charge in [0.15, 0.2) is 0 Å². The van der Waals surface area contributed by atoms with Gasteiger partial charge >= 0.3 is 0 Å². The largest absolute Gasteiger partial charge is 0.244 e. The summed E-state index contributed by atoms with van der Waals surface area (Å²) in [4.78, 5) is 0.154. The van der Waals surface area contributed by atoms with Gasteiger partial charge in [-0.05, 0) is 31.0 Å². The Morgan fingerprint density at radius 3 is 2.33 bits per heavy atom. The molecule has 0 atom stereocenters. The molecule has 0 heterocycles. The van der Waals surface area contributed by atoms with E-state index in [2.05, 4.69) is 15.9 Å². The Morgan fingerprint density at radius 2 is 1.89 bits per heavy atom. The van der Waals surface area contributed by atoms with Crippen LogP contribution >= 0.6 is 27.5 Å². The minimum atomic E-state index is -3.53. The van der Waals surface area contributed by atoms with Crippen LogP contribution < -0.4 is 0 Å². The van der Waals surface area contributed by atoms with Gasteiger partial charge in [-0.25, -0.2) is 8.42 Å². The highest BCUT2D eigenvalue weighted by atomic mass is 79.9. The zero-order chi connectivity index (χ0) is 13.9. The third-order valence-corrected chi connectivity index (χ3v) is 5.89. The van der Waals surface area contributed by atoms with E-state index in [1.54, 1.807) is 19.2 Å². The summed E-state index contributed by atoms with van der Waals surface area (Å²) in [5.41, 5.74) is 0. The SMILES string of the molecule is CCC(CC)N(C)S(=O)(=O)c1ccc(Br)cc1Cl. The molecule has 0 aliphatic carbocycles. The van der Waals surface area contributed by atoms with Crippen molar-refractivity contribution < 1.29 is 8.42 Å². The molecule has 0 fully saturated rings. The second-order valence-corrected chi connectivity index (χ2v) is 7.36. The van der Waals surface area contributed by atoms with E-state index in [1.165, 1.54) is 10.4 Å². The second-order valence-electron chi connectivity index (χ2n) is 4.07. The van der Waals surface area contributed by atoms with E-state index in [0.29, 0.717) is 0 Å². The van der Waals surface area contributed by atoms with Crippen molar-refractivity contribution in [2.45, 2.75) is 37.6 Å². The van der Waals surface area contributed by atoms with Crippen molar-refractivity contribution in [2.24, 2.45) is 0 Å². The fraction of sp³-hybridized carbons (Fsp3) is 0.500. The Kier molecular flexibility index (Phi) is 5.65. The molecule has 1 aromatic carbocycles. The van der Waals surface area contributed by atoms with Crippen LogP contribution in [0.15, 0.2) is 27.6 Å². The first-order valence-corrected chi connectivity index (χ1v) is 8.38. The van der Waals surface area contributed by atoms with Crippen LogP contribution in [0.2, 0.25) is 5.02 Å². The molecule has 1 rings (SSSR count). The van der Waals surface area contributed by atoms with Gasteiger partial charge in [-0.3, -0.25) is 0 Å². The average Bonchev–Trinajstić information content (AvgIpc) is 2.29. The molecular weight excluding hydrogens is 338 g/mol. The fourth-order valence-corrected chi connectivity index (χ4v) is 4.35. The van der Waals surface area contributed by atoms with Crippen LogP contribution in [0.5, 0.6) is 0 Å². The molecule has 3 nitrogen and oxygen atoms in total. The molecule has 0 aliphatic heterocycles. The maximum atomic E-state index is 12.4. The van der Waals surface area contributed by atoms with Crippen LogP contribution in [0.4, 0.5) is 0 Å². The smallest absolute Gasteiger partial charge is 0.207 e. The molecule has 0 bridgehead atoms. The van der Waals surface area contributed by atoms with Crippen LogP contribution in [0.25, 0.3) is 0 Å². The predicted octanol–water partition coefficient (Wildman–Crippen LogP) is 3.91. The lowest BCUT2D eigenvalue weighted by Crippen LogP contribution is -2.36. The van der Waals surface area contributed by atoms with Gasteiger partial charge in [0.2, 0.25) is 10.0 Å². The summed E-state index contributed by atoms with van der Waals surface area (Å²) in [5.74, 6) is 0. The first kappa shape index (κ1) is 16.0. The summed E-state index contributed by atoms with van der Waals surface area (Å²) in [6.07, 6.45) is 1.56. The molecule has 0 saturated heterocycles. The molecule has 0 N–H and O–H groups in total. The molecule has 0 amide bonds. The zero-order valence-electron chi connectivity index (χ0n) is 10.7. The minimum absolute atomic E-state index is 0.00489. The van der Waals surface area contributed by atoms with Gasteiger partial charge in [0, 0.05) is 17.6 Å². The molecule has 18 heavy (non-hydrogen) atoms. The molecule has 0 radical (unpaired) electrons. The lowest BCUT2D eigenvalue weighted by atomic mass is 10.2. The van der Waals surface area contributed by atoms with E-state index < -0.39 is 10.0 Å². The Morgan fingerprint density at radius 1 is 1.33 bits per heavy atom. The van der Waals surface area contributed by atoms with E-state index in [-0.39, 0.29) is 16.0 Å². The molecular formula is C12H17BrClNO2S. The van der Waals surface area contributed by atoms with Gasteiger partial charge in [0.05, 0.1) is 5.02 Å². The van der Waals surface area contributed by atoms with Crippen molar-refractivity contribution in [1.82, 2.24) is 4.31 Å². The maximum absolute atomic E-state index is 12.4. The summed E-state index contributed by atoms with van der Waals surface area (Å²) in [6, 6.07) is 4.80. The first-order chi connectivity index (χ1) is 8.34. The number of rotatable bonds is 5. The highest BCUT2D eigenvalue weighted by Gasteiger charge is 2.27. The standard InChI is InChI=1S/C12H17BrClNO2S/c1-4-10(5-2)15(3)18(16,17)12-7-6-9(13)8-11(12)14/h6-8,10H,4-5H2,1-3H3. The van der Waals surface area contributed by atoms with Crippen LogP contribution in [-0.2, 0) is 10.0 Å². The Hall–Kier alpha value is -0.100. The van der Waals surface area contributed by atoms with Gasteiger partial charge in [-0.2, -0.15) is 4.31 Å². The van der Waals surface area contributed by atoms with Crippen molar-refractivity contribution in [2.75, 3.05) is 7.05 Å². The van der Waals surface area contributed by atoms with E-state index in [9.17, 15) is 8.42 Å². The van der Waals surface area contributed by atoms with Crippen LogP contribution in [0, 0.1) is 0 Å². The summed E-state index contributed by atoms with van der Waals surface area (Å²) in [5, 5.41) is 0.238. The maximum Gasteiger partial charge on any atom is 0.244 e. The molecule has 0 unspecified atom stereocenters. The van der Waals surface area contributed by atoms with Crippen LogP contribution in [-0.4, -0.2) is 25.8 Å². The number of hydrogen-bond donors (Lipinski definition) is 0. The van der Waals surface area contributed by atoms with Crippen molar-refractivity contribution in [1.29, 1.82) is 0 Å². The second kappa shape index (κ2) is 6.37. The minimum Gasteiger partial charge on any atom is -0.207 e. The summed E-state index contributed by atoms with van der Waals surface area (Å²) < 4.78 is 27.1. The summed E-state index contributed by atoms with van der Waals surface area (Å²) in [7, 11) is -1.93. The fourth-order valence-electron chi connectivity index (χ4n) is 1.84. The highest BCUT2D eigenvalue weighted by Crippen LogP contribution is 2.28. The third-order valence-electron chi connectivity index (χ3n) is 3.01. The first-order valence-electron chi connectivity index (χ1n) is 5.77. The topological polar surface area (TPSA) is 37.4 Å². The number of nitrogens with zero attached hydrogens (tertiary/aromatic N) is 1. The molecule has 1 aromatic rings. The van der Waals surface area contributed by atoms with Gasteiger partial charge in [0.25, 0.3) is 0 Å². The van der Waals surface area contributed by atoms with E-state index in [0.717, 1.165) is 17.3 Å².